The van der Waals surface area contributed by atoms with Crippen LogP contribution in [0.2, 0.25) is 0 Å². The number of fused-ring (bicyclic) bond motifs is 2. The lowest BCUT2D eigenvalue weighted by atomic mass is 9.88. The SMILES string of the molecule is C.C.C.C.C.C.C.C.C.C.C.CC(C)(C)CCc1ccccn1.CC(C)(C)CCc1ncccn1.CC(C)(C)CCn1cccn1.CC(C)(C)Cc1ccc2c(c1)OCCO2.CC(C)(C)Cc1ccc2ccccc2n1.CC(C)(C)Cc1ccccc1.CC(C)(C)Cc1ccccn1.CC(C)(C)Cc1cccnc1.CC(C)(C)Cc1cnccn1.CC(C)(C)Cc1ncccn1.CCOC(=O)c1cccc(CC(C)(C)C)c1. The van der Waals surface area contributed by atoms with Crippen LogP contribution in [-0.2, 0) is 75.5 Å². The number of rotatable bonds is 16. The summed E-state index contributed by atoms with van der Waals surface area (Å²) in [5, 5.41) is 5.35. The van der Waals surface area contributed by atoms with Gasteiger partial charge in [0.1, 0.15) is 24.9 Å². The van der Waals surface area contributed by atoms with E-state index in [4.69, 9.17) is 14.2 Å². The highest BCUT2D eigenvalue weighted by molar-refractivity contribution is 5.89. The van der Waals surface area contributed by atoms with E-state index in [1.807, 2.05) is 140 Å². The minimum absolute atomic E-state index is 0. The maximum atomic E-state index is 11.5. The van der Waals surface area contributed by atoms with Gasteiger partial charge in [0.25, 0.3) is 0 Å². The van der Waals surface area contributed by atoms with E-state index in [2.05, 4.69) is 368 Å². The van der Waals surface area contributed by atoms with E-state index in [9.17, 15) is 4.79 Å². The molecule has 147 heavy (non-hydrogen) atoms. The number of para-hydroxylation sites is 1. The lowest BCUT2D eigenvalue weighted by Crippen LogP contribution is -2.16. The molecular formula is C131H222N12O4. The highest BCUT2D eigenvalue weighted by Gasteiger charge is 2.21. The molecule has 0 N–H and O–H groups in total. The zero-order chi connectivity index (χ0) is 102. The number of carbonyl (C=O) groups excluding carboxylic acids is 1. The molecule has 0 spiro atoms. The Morgan fingerprint density at radius 2 is 0.714 bits per heavy atom. The average molecular weight is 2030 g/mol. The van der Waals surface area contributed by atoms with E-state index >= 15 is 0 Å². The van der Waals surface area contributed by atoms with E-state index in [0.717, 1.165) is 112 Å². The van der Waals surface area contributed by atoms with Gasteiger partial charge in [-0.2, -0.15) is 5.10 Å². The van der Waals surface area contributed by atoms with Gasteiger partial charge in [-0.3, -0.25) is 34.6 Å². The first kappa shape index (κ1) is 154. The molecule has 13 rings (SSSR count). The van der Waals surface area contributed by atoms with Crippen molar-refractivity contribution < 1.29 is 19.0 Å². The predicted molar refractivity (Wildman–Crippen MR) is 648 cm³/mol. The highest BCUT2D eigenvalue weighted by atomic mass is 16.6. The third kappa shape index (κ3) is 85.9. The minimum Gasteiger partial charge on any atom is -0.486 e. The molecular weight excluding hydrogens is 1810 g/mol. The van der Waals surface area contributed by atoms with Crippen molar-refractivity contribution in [2.75, 3.05) is 19.8 Å². The molecule has 0 bridgehead atoms. The Kier molecular flexibility index (Phi) is 79.5. The molecule has 0 saturated heterocycles. The number of carbonyl (C=O) groups is 1. The van der Waals surface area contributed by atoms with Gasteiger partial charge >= 0.3 is 5.97 Å². The molecule has 12 aromatic rings. The summed E-state index contributed by atoms with van der Waals surface area (Å²) in [4.78, 5) is 53.7. The van der Waals surface area contributed by atoms with Gasteiger partial charge in [0, 0.05) is 122 Å². The Hall–Kier alpha value is -10.7. The molecule has 1 aliphatic heterocycles. The maximum absolute atomic E-state index is 11.5. The van der Waals surface area contributed by atoms with Crippen molar-refractivity contribution in [2.45, 2.75) is 407 Å². The number of nitrogens with zero attached hydrogens (tertiary/aromatic N) is 12. The summed E-state index contributed by atoms with van der Waals surface area (Å²) in [6.45, 7) is 78.1. The van der Waals surface area contributed by atoms with Gasteiger partial charge in [-0.05, 0) is 244 Å². The first-order valence-electron chi connectivity index (χ1n) is 49.1. The van der Waals surface area contributed by atoms with Gasteiger partial charge < -0.3 is 14.2 Å². The maximum Gasteiger partial charge on any atom is 0.338 e. The molecule has 1 aliphatic rings. The number of aryl methyl sites for hydroxylation is 3. The zero-order valence-corrected chi connectivity index (χ0v) is 90.8. The van der Waals surface area contributed by atoms with Gasteiger partial charge in [-0.1, -0.05) is 401 Å². The van der Waals surface area contributed by atoms with Crippen molar-refractivity contribution >= 4 is 16.9 Å². The second-order valence-corrected chi connectivity index (χ2v) is 48.5. The largest absolute Gasteiger partial charge is 0.486 e. The second kappa shape index (κ2) is 75.9. The molecule has 0 aliphatic carbocycles. The lowest BCUT2D eigenvalue weighted by Gasteiger charge is -2.22. The third-order valence-electron chi connectivity index (χ3n) is 19.2. The van der Waals surface area contributed by atoms with Crippen LogP contribution < -0.4 is 9.47 Å². The molecule has 830 valence electrons. The van der Waals surface area contributed by atoms with Crippen LogP contribution >= 0.6 is 0 Å². The van der Waals surface area contributed by atoms with Crippen molar-refractivity contribution in [3.63, 3.8) is 0 Å². The molecule has 0 unspecified atom stereocenters. The summed E-state index contributed by atoms with van der Waals surface area (Å²) in [5.41, 5.74) is 15.3. The van der Waals surface area contributed by atoms with Crippen molar-refractivity contribution in [2.24, 2.45) is 59.6 Å². The van der Waals surface area contributed by atoms with E-state index in [1.165, 1.54) is 57.6 Å². The minimum atomic E-state index is -0.238. The number of hydrogen-bond acceptors (Lipinski definition) is 15. The Labute approximate surface area is 906 Å². The van der Waals surface area contributed by atoms with Crippen LogP contribution in [-0.4, -0.2) is 85.4 Å². The monoisotopic (exact) mass is 2030 g/mol. The standard InChI is InChI=1S/C14H17N.C14H20O2.C13H18O2.C11H17N.C11H16.C10H16N2.2C10H15N.C9H16N2.2C9H14N2.11CH4/c1-14(2,3)10-12-9-8-11-6-4-5-7-13(11)15-12;1-5-16-13(15)12-8-6-7-11(9-12)10-14(2,3)4;1-13(2,3)9-10-4-5-11-12(8-10)15-7-6-14-11;1-11(2,3)8-7-10-6-4-5-9-12-10;1-11(2,3)9-10-7-5-4-6-8-10;1-10(2,3)6-5-9-11-7-4-8-12-9;1-10(2,3)7-9-5-4-6-11-8-9;1-10(2,3)8-9-6-4-5-7-11-9;1-9(2,3)5-8-11-7-4-6-10-11;1-9(2,3)6-8-7-10-4-5-11-8;1-9(2,3)7-8-10-5-4-6-11-8;;;;;;;;;;;/h4-9H,10H2,1-3H3;6-9H,5,10H2,1-4H3;4-5,8H,6-7,9H2,1-3H3;4-6,9H,7-8H2,1-3H3;4-8H,9H2,1-3H3;4,7-8H,5-6H2,1-3H3;4-6,8H,7H2,1-3H3;4-7H,8H2,1-3H3;4,6-7H,5,8H2,1-3H3;4-5,7H,6H2,1-3H3;4-6H,7H2,1-3H3;11*1H4. The fourth-order valence-electron chi connectivity index (χ4n) is 13.3. The molecule has 8 aromatic heterocycles. The first-order chi connectivity index (χ1) is 63.1. The van der Waals surface area contributed by atoms with E-state index in [1.54, 1.807) is 43.2 Å². The molecule has 0 amide bonds. The van der Waals surface area contributed by atoms with E-state index in [-0.39, 0.29) is 98.5 Å². The molecule has 9 heterocycles. The van der Waals surface area contributed by atoms with Gasteiger partial charge in [0.15, 0.2) is 11.5 Å². The molecule has 16 nitrogen and oxygen atoms in total. The Bertz CT molecular complexity index is 4750. The number of hydrogen-bond donors (Lipinski definition) is 0. The Balaban J connectivity index is -0.000000203. The van der Waals surface area contributed by atoms with Crippen molar-refractivity contribution in [3.05, 3.63) is 319 Å². The normalized spacial score (nSPS) is 11.1. The lowest BCUT2D eigenvalue weighted by molar-refractivity contribution is 0.0526. The number of pyridine rings is 4. The van der Waals surface area contributed by atoms with Crippen molar-refractivity contribution in [1.29, 1.82) is 0 Å². The fraction of sp³-hybridized carbons (Fsp3) is 0.557. The number of benzene rings is 4. The van der Waals surface area contributed by atoms with Crippen LogP contribution in [0.25, 0.3) is 10.9 Å². The number of esters is 1. The number of aromatic nitrogens is 12. The van der Waals surface area contributed by atoms with Crippen LogP contribution in [0.3, 0.4) is 0 Å². The smallest absolute Gasteiger partial charge is 0.338 e. The van der Waals surface area contributed by atoms with Gasteiger partial charge in [0.2, 0.25) is 0 Å². The molecule has 16 heteroatoms. The van der Waals surface area contributed by atoms with Crippen LogP contribution in [0.1, 0.15) is 403 Å². The van der Waals surface area contributed by atoms with E-state index in [0.29, 0.717) is 74.1 Å². The van der Waals surface area contributed by atoms with Crippen LogP contribution in [0, 0.1) is 59.6 Å². The molecule has 4 aromatic carbocycles. The summed E-state index contributed by atoms with van der Waals surface area (Å²) < 4.78 is 18.0. The third-order valence-corrected chi connectivity index (χ3v) is 19.2. The molecule has 0 atom stereocenters. The van der Waals surface area contributed by atoms with Crippen molar-refractivity contribution in [1.82, 2.24) is 59.6 Å². The van der Waals surface area contributed by atoms with Crippen LogP contribution in [0.15, 0.2) is 256 Å². The summed E-state index contributed by atoms with van der Waals surface area (Å²) in [7, 11) is 0. The Morgan fingerprint density at radius 3 is 1.17 bits per heavy atom. The van der Waals surface area contributed by atoms with Crippen LogP contribution in [0.5, 0.6) is 11.5 Å². The summed E-state index contributed by atoms with van der Waals surface area (Å²) in [5.74, 6) is 3.41. The van der Waals surface area contributed by atoms with E-state index < -0.39 is 0 Å². The summed E-state index contributed by atoms with van der Waals surface area (Å²) in [6.07, 6.45) is 37.6. The van der Waals surface area contributed by atoms with Gasteiger partial charge in [0.05, 0.1) is 23.4 Å². The quantitative estimate of drug-likeness (QED) is 0.0829. The summed E-state index contributed by atoms with van der Waals surface area (Å²) >= 11 is 0. The van der Waals surface area contributed by atoms with Gasteiger partial charge in [-0.25, -0.2) is 24.7 Å². The molecule has 0 fully saturated rings. The van der Waals surface area contributed by atoms with Gasteiger partial charge in [-0.15, -0.1) is 0 Å². The molecule has 0 saturated carbocycles. The molecule has 0 radical (unpaired) electrons. The summed E-state index contributed by atoms with van der Waals surface area (Å²) in [6, 6.07) is 59.0. The average Bonchev–Trinajstić information content (AvgIpc) is 1.83. The Morgan fingerprint density at radius 1 is 0.299 bits per heavy atom. The van der Waals surface area contributed by atoms with Crippen LogP contribution in [0.4, 0.5) is 0 Å². The topological polar surface area (TPSA) is 191 Å². The van der Waals surface area contributed by atoms with Crippen molar-refractivity contribution in [3.8, 4) is 11.5 Å². The number of ether oxygens (including phenoxy) is 3. The fourth-order valence-corrected chi connectivity index (χ4v) is 13.3. The highest BCUT2D eigenvalue weighted by Crippen LogP contribution is 2.34. The first-order valence-corrected chi connectivity index (χ1v) is 49.1. The second-order valence-electron chi connectivity index (χ2n) is 48.5. The predicted octanol–water partition coefficient (Wildman–Crippen LogP) is 37.9. The zero-order valence-electron chi connectivity index (χ0n) is 90.8.